The standard InChI is InChI=1S/C16H19NO2Si/c1-16(2,19-20(3,4)5)11-10-15(18)14-8-6-13(12-17)7-9-14/h6-9H,1-5H3. The van der Waals surface area contributed by atoms with Crippen molar-refractivity contribution in [1.82, 2.24) is 0 Å². The van der Waals surface area contributed by atoms with Gasteiger partial charge in [-0.1, -0.05) is 5.92 Å². The van der Waals surface area contributed by atoms with Gasteiger partial charge in [0.15, 0.2) is 8.32 Å². The summed E-state index contributed by atoms with van der Waals surface area (Å²) in [6, 6.07) is 8.46. The third-order valence-electron chi connectivity index (χ3n) is 2.31. The highest BCUT2D eigenvalue weighted by molar-refractivity contribution is 6.69. The molecule has 4 heteroatoms. The zero-order valence-electron chi connectivity index (χ0n) is 12.6. The smallest absolute Gasteiger partial charge is 0.235 e. The Morgan fingerprint density at radius 1 is 1.20 bits per heavy atom. The molecule has 0 fully saturated rings. The largest absolute Gasteiger partial charge is 0.402 e. The van der Waals surface area contributed by atoms with Gasteiger partial charge in [-0.2, -0.15) is 5.26 Å². The highest BCUT2D eigenvalue weighted by atomic mass is 28.4. The van der Waals surface area contributed by atoms with E-state index in [9.17, 15) is 4.79 Å². The molecule has 20 heavy (non-hydrogen) atoms. The van der Waals surface area contributed by atoms with Crippen LogP contribution in [-0.2, 0) is 4.43 Å². The number of benzene rings is 1. The number of nitrogens with zero attached hydrogens (tertiary/aromatic N) is 1. The molecular weight excluding hydrogens is 266 g/mol. The number of carbonyl (C=O) groups excluding carboxylic acids is 1. The minimum Gasteiger partial charge on any atom is -0.402 e. The van der Waals surface area contributed by atoms with Crippen LogP contribution in [0.5, 0.6) is 0 Å². The molecular formula is C16H19NO2Si. The van der Waals surface area contributed by atoms with Crippen LogP contribution in [-0.4, -0.2) is 19.7 Å². The van der Waals surface area contributed by atoms with Crippen molar-refractivity contribution in [3.63, 3.8) is 0 Å². The normalized spacial score (nSPS) is 11.2. The molecule has 0 heterocycles. The first-order chi connectivity index (χ1) is 9.13. The number of hydrogen-bond donors (Lipinski definition) is 0. The molecule has 3 nitrogen and oxygen atoms in total. The second-order valence-corrected chi connectivity index (χ2v) is 10.4. The highest BCUT2D eigenvalue weighted by Crippen LogP contribution is 2.16. The summed E-state index contributed by atoms with van der Waals surface area (Å²) in [5.74, 6) is 5.25. The fourth-order valence-corrected chi connectivity index (χ4v) is 3.35. The Balaban J connectivity index is 2.85. The van der Waals surface area contributed by atoms with Gasteiger partial charge >= 0.3 is 0 Å². The van der Waals surface area contributed by atoms with Gasteiger partial charge in [0.1, 0.15) is 5.60 Å². The Bertz CT molecular complexity index is 593. The summed E-state index contributed by atoms with van der Waals surface area (Å²) < 4.78 is 5.92. The second kappa shape index (κ2) is 6.05. The molecule has 0 aromatic heterocycles. The number of hydrogen-bond acceptors (Lipinski definition) is 3. The van der Waals surface area contributed by atoms with E-state index in [1.54, 1.807) is 24.3 Å². The van der Waals surface area contributed by atoms with E-state index in [2.05, 4.69) is 31.5 Å². The minimum atomic E-state index is -1.71. The van der Waals surface area contributed by atoms with Gasteiger partial charge in [-0.25, -0.2) is 0 Å². The van der Waals surface area contributed by atoms with Gasteiger partial charge in [0, 0.05) is 5.56 Å². The molecule has 0 atom stereocenters. The second-order valence-electron chi connectivity index (χ2n) is 5.99. The molecule has 0 bridgehead atoms. The minimum absolute atomic E-state index is 0.262. The number of carbonyl (C=O) groups is 1. The van der Waals surface area contributed by atoms with Gasteiger partial charge in [-0.05, 0) is 63.7 Å². The van der Waals surface area contributed by atoms with Crippen molar-refractivity contribution in [2.24, 2.45) is 0 Å². The fraction of sp³-hybridized carbons (Fsp3) is 0.375. The number of rotatable bonds is 3. The van der Waals surface area contributed by atoms with Crippen LogP contribution >= 0.6 is 0 Å². The summed E-state index contributed by atoms with van der Waals surface area (Å²) >= 11 is 0. The molecule has 0 aliphatic carbocycles. The molecule has 0 radical (unpaired) electrons. The topological polar surface area (TPSA) is 50.1 Å². The summed E-state index contributed by atoms with van der Waals surface area (Å²) in [7, 11) is -1.71. The Hall–Kier alpha value is -1.88. The number of Topliss-reactive ketones (excluding diaryl/α,β-unsaturated/α-hetero) is 1. The molecule has 0 amide bonds. The Kier molecular flexibility index (Phi) is 4.89. The Labute approximate surface area is 121 Å². The van der Waals surface area contributed by atoms with E-state index in [0.29, 0.717) is 11.1 Å². The summed E-state index contributed by atoms with van der Waals surface area (Å²) in [5, 5.41) is 8.71. The van der Waals surface area contributed by atoms with Crippen molar-refractivity contribution in [3.8, 4) is 17.9 Å². The average molecular weight is 285 g/mol. The van der Waals surface area contributed by atoms with Crippen molar-refractivity contribution >= 4 is 14.1 Å². The van der Waals surface area contributed by atoms with Crippen molar-refractivity contribution in [3.05, 3.63) is 35.4 Å². The van der Waals surface area contributed by atoms with Gasteiger partial charge in [0.05, 0.1) is 11.6 Å². The van der Waals surface area contributed by atoms with E-state index >= 15 is 0 Å². The van der Waals surface area contributed by atoms with Crippen LogP contribution in [0.3, 0.4) is 0 Å². The molecule has 0 aliphatic rings. The van der Waals surface area contributed by atoms with Crippen LogP contribution in [0, 0.1) is 23.2 Å². The lowest BCUT2D eigenvalue weighted by Gasteiger charge is -2.28. The van der Waals surface area contributed by atoms with Crippen molar-refractivity contribution < 1.29 is 9.22 Å². The molecule has 0 saturated heterocycles. The molecule has 1 aromatic rings. The zero-order chi connectivity index (χ0) is 15.4. The van der Waals surface area contributed by atoms with Crippen LogP contribution < -0.4 is 0 Å². The van der Waals surface area contributed by atoms with E-state index in [0.717, 1.165) is 0 Å². The maximum atomic E-state index is 12.0. The first-order valence-electron chi connectivity index (χ1n) is 6.41. The van der Waals surface area contributed by atoms with E-state index < -0.39 is 13.9 Å². The van der Waals surface area contributed by atoms with Crippen LogP contribution in [0.1, 0.15) is 29.8 Å². The number of nitriles is 1. The average Bonchev–Trinajstić information content (AvgIpc) is 2.33. The van der Waals surface area contributed by atoms with Crippen molar-refractivity contribution in [2.75, 3.05) is 0 Å². The van der Waals surface area contributed by atoms with Crippen LogP contribution in [0.2, 0.25) is 19.6 Å². The highest BCUT2D eigenvalue weighted by Gasteiger charge is 2.25. The molecule has 104 valence electrons. The lowest BCUT2D eigenvalue weighted by atomic mass is 10.1. The van der Waals surface area contributed by atoms with Crippen LogP contribution in [0.15, 0.2) is 24.3 Å². The maximum Gasteiger partial charge on any atom is 0.235 e. The Morgan fingerprint density at radius 2 is 1.75 bits per heavy atom. The molecule has 0 N–H and O–H groups in total. The number of ketones is 1. The third kappa shape index (κ3) is 5.40. The third-order valence-corrected chi connectivity index (χ3v) is 3.44. The van der Waals surface area contributed by atoms with Gasteiger partial charge in [-0.15, -0.1) is 0 Å². The SMILES string of the molecule is CC(C)(C#CC(=O)c1ccc(C#N)cc1)O[Si](C)(C)C. The summed E-state index contributed by atoms with van der Waals surface area (Å²) in [6.45, 7) is 9.98. The lowest BCUT2D eigenvalue weighted by Crippen LogP contribution is -2.37. The van der Waals surface area contributed by atoms with E-state index in [1.165, 1.54) is 0 Å². The molecule has 0 unspecified atom stereocenters. The van der Waals surface area contributed by atoms with Crippen molar-refractivity contribution in [2.45, 2.75) is 39.1 Å². The lowest BCUT2D eigenvalue weighted by molar-refractivity contribution is 0.105. The van der Waals surface area contributed by atoms with Crippen LogP contribution in [0.25, 0.3) is 0 Å². The monoisotopic (exact) mass is 285 g/mol. The van der Waals surface area contributed by atoms with Gasteiger partial charge < -0.3 is 4.43 Å². The Morgan fingerprint density at radius 3 is 2.20 bits per heavy atom. The van der Waals surface area contributed by atoms with E-state index in [4.69, 9.17) is 9.69 Å². The van der Waals surface area contributed by atoms with E-state index in [-0.39, 0.29) is 5.78 Å². The van der Waals surface area contributed by atoms with Gasteiger partial charge in [0.2, 0.25) is 5.78 Å². The quantitative estimate of drug-likeness (QED) is 0.370. The van der Waals surface area contributed by atoms with Gasteiger partial charge in [0.25, 0.3) is 0 Å². The van der Waals surface area contributed by atoms with Crippen LogP contribution in [0.4, 0.5) is 0 Å². The predicted molar refractivity (Wildman–Crippen MR) is 81.8 cm³/mol. The molecule has 0 saturated carbocycles. The summed E-state index contributed by atoms with van der Waals surface area (Å²) in [4.78, 5) is 12.0. The summed E-state index contributed by atoms with van der Waals surface area (Å²) in [6.07, 6.45) is 0. The summed E-state index contributed by atoms with van der Waals surface area (Å²) in [5.41, 5.74) is 0.379. The van der Waals surface area contributed by atoms with Crippen molar-refractivity contribution in [1.29, 1.82) is 5.26 Å². The van der Waals surface area contributed by atoms with E-state index in [1.807, 2.05) is 19.9 Å². The first-order valence-corrected chi connectivity index (χ1v) is 9.82. The zero-order valence-corrected chi connectivity index (χ0v) is 13.6. The van der Waals surface area contributed by atoms with Gasteiger partial charge in [-0.3, -0.25) is 4.79 Å². The molecule has 1 rings (SSSR count). The fourth-order valence-electron chi connectivity index (χ4n) is 1.77. The molecule has 0 aliphatic heterocycles. The predicted octanol–water partition coefficient (Wildman–Crippen LogP) is 3.37. The first kappa shape index (κ1) is 16.2. The molecule has 1 aromatic carbocycles. The maximum absolute atomic E-state index is 12.0. The molecule has 0 spiro atoms.